The fourth-order valence-electron chi connectivity index (χ4n) is 3.61. The van der Waals surface area contributed by atoms with E-state index in [0.717, 1.165) is 12.6 Å². The molecule has 2 saturated heterocycles. The van der Waals surface area contributed by atoms with E-state index in [2.05, 4.69) is 15.3 Å². The number of anilines is 1. The van der Waals surface area contributed by atoms with Crippen LogP contribution in [0.4, 0.5) is 19.0 Å². The van der Waals surface area contributed by atoms with Crippen molar-refractivity contribution >= 4 is 17.6 Å². The van der Waals surface area contributed by atoms with Gasteiger partial charge in [0, 0.05) is 24.3 Å². The first kappa shape index (κ1) is 26.3. The summed E-state index contributed by atoms with van der Waals surface area (Å²) in [5, 5.41) is 2.84. The van der Waals surface area contributed by atoms with Gasteiger partial charge in [-0.15, -0.1) is 0 Å². The van der Waals surface area contributed by atoms with Gasteiger partial charge >= 0.3 is 6.18 Å². The zero-order chi connectivity index (χ0) is 25.8. The van der Waals surface area contributed by atoms with E-state index >= 15 is 0 Å². The number of hydrogen-bond acceptors (Lipinski definition) is 8. The predicted octanol–water partition coefficient (Wildman–Crippen LogP) is 1.90. The molecule has 5 N–H and O–H groups in total. The van der Waals surface area contributed by atoms with E-state index in [1.807, 2.05) is 13.8 Å². The maximum atomic E-state index is 12.2. The molecule has 35 heavy (non-hydrogen) atoms. The van der Waals surface area contributed by atoms with E-state index in [-0.39, 0.29) is 30.0 Å². The van der Waals surface area contributed by atoms with E-state index in [0.29, 0.717) is 30.5 Å². The van der Waals surface area contributed by atoms with Gasteiger partial charge in [-0.2, -0.15) is 13.2 Å². The maximum absolute atomic E-state index is 12.2. The number of fused-ring (bicyclic) bond motifs is 1. The lowest BCUT2D eigenvalue weighted by molar-refractivity contribution is -0.153. The second kappa shape index (κ2) is 10.5. The molecular weight excluding hydrogens is 471 g/mol. The number of amides is 2. The van der Waals surface area contributed by atoms with Crippen molar-refractivity contribution in [3.63, 3.8) is 0 Å². The van der Waals surface area contributed by atoms with Gasteiger partial charge in [0.05, 0.1) is 18.5 Å². The SMILES string of the molecule is CC1(C)OC2CCOC(CNC(=O)c3ccc(C(N)=O)cc3)C2O1.Nc1cncc(C(F)(F)F)n1. The number of carbonyl (C=O) groups excluding carboxylic acids is 2. The molecule has 2 aliphatic rings. The van der Waals surface area contributed by atoms with Crippen LogP contribution in [0.5, 0.6) is 0 Å². The molecule has 13 heteroatoms. The van der Waals surface area contributed by atoms with Gasteiger partial charge in [-0.25, -0.2) is 4.98 Å². The zero-order valence-electron chi connectivity index (χ0n) is 19.0. The molecule has 3 heterocycles. The lowest BCUT2D eigenvalue weighted by atomic mass is 10.0. The highest BCUT2D eigenvalue weighted by Crippen LogP contribution is 2.35. The van der Waals surface area contributed by atoms with E-state index in [1.54, 1.807) is 12.1 Å². The van der Waals surface area contributed by atoms with Crippen molar-refractivity contribution in [3.05, 3.63) is 53.5 Å². The summed E-state index contributed by atoms with van der Waals surface area (Å²) in [6.45, 7) is 4.66. The van der Waals surface area contributed by atoms with Crippen LogP contribution in [0.3, 0.4) is 0 Å². The first-order chi connectivity index (χ1) is 16.4. The summed E-state index contributed by atoms with van der Waals surface area (Å²) >= 11 is 0. The van der Waals surface area contributed by atoms with Crippen LogP contribution in [0, 0.1) is 0 Å². The van der Waals surface area contributed by atoms with Crippen LogP contribution >= 0.6 is 0 Å². The Morgan fingerprint density at radius 2 is 1.80 bits per heavy atom. The molecule has 0 spiro atoms. The van der Waals surface area contributed by atoms with E-state index in [9.17, 15) is 22.8 Å². The average molecular weight is 497 g/mol. The summed E-state index contributed by atoms with van der Waals surface area (Å²) in [6, 6.07) is 6.19. The minimum atomic E-state index is -4.47. The van der Waals surface area contributed by atoms with Gasteiger partial charge < -0.3 is 31.0 Å². The monoisotopic (exact) mass is 497 g/mol. The molecule has 3 unspecified atom stereocenters. The number of carbonyl (C=O) groups is 2. The molecule has 0 bridgehead atoms. The van der Waals surface area contributed by atoms with Crippen LogP contribution in [-0.4, -0.2) is 59.0 Å². The van der Waals surface area contributed by atoms with Crippen LogP contribution in [-0.2, 0) is 20.4 Å². The van der Waals surface area contributed by atoms with Gasteiger partial charge in [0.2, 0.25) is 5.91 Å². The third-order valence-electron chi connectivity index (χ3n) is 5.16. The number of rotatable bonds is 4. The molecule has 2 aromatic rings. The predicted molar refractivity (Wildman–Crippen MR) is 117 cm³/mol. The summed E-state index contributed by atoms with van der Waals surface area (Å²) in [7, 11) is 0. The van der Waals surface area contributed by atoms with Gasteiger partial charge in [0.15, 0.2) is 11.5 Å². The first-order valence-corrected chi connectivity index (χ1v) is 10.7. The molecule has 2 amide bonds. The number of ether oxygens (including phenoxy) is 3. The van der Waals surface area contributed by atoms with Crippen molar-refractivity contribution in [2.75, 3.05) is 18.9 Å². The number of nitrogens with two attached hydrogens (primary N) is 2. The Labute approximate surface area is 199 Å². The number of primary amides is 1. The van der Waals surface area contributed by atoms with Crippen LogP contribution in [0.25, 0.3) is 0 Å². The number of nitrogens with zero attached hydrogens (tertiary/aromatic N) is 2. The largest absolute Gasteiger partial charge is 0.434 e. The molecule has 1 aromatic carbocycles. The van der Waals surface area contributed by atoms with Gasteiger partial charge in [-0.1, -0.05) is 0 Å². The summed E-state index contributed by atoms with van der Waals surface area (Å²) in [5.74, 6) is -1.63. The topological polar surface area (TPSA) is 152 Å². The smallest absolute Gasteiger partial charge is 0.382 e. The molecular formula is C22H26F3N5O5. The number of benzene rings is 1. The van der Waals surface area contributed by atoms with E-state index in [1.165, 1.54) is 12.1 Å². The Bertz CT molecular complexity index is 1050. The highest BCUT2D eigenvalue weighted by Gasteiger charge is 2.47. The summed E-state index contributed by atoms with van der Waals surface area (Å²) in [5.41, 5.74) is 9.92. The fraction of sp³-hybridized carbons (Fsp3) is 0.455. The maximum Gasteiger partial charge on any atom is 0.434 e. The average Bonchev–Trinajstić information content (AvgIpc) is 3.12. The lowest BCUT2D eigenvalue weighted by Crippen LogP contribution is -2.48. The third kappa shape index (κ3) is 7.10. The van der Waals surface area contributed by atoms with Crippen molar-refractivity contribution < 1.29 is 37.0 Å². The van der Waals surface area contributed by atoms with Gasteiger partial charge in [0.1, 0.15) is 18.0 Å². The molecule has 4 rings (SSSR count). The molecule has 2 fully saturated rings. The summed E-state index contributed by atoms with van der Waals surface area (Å²) in [4.78, 5) is 29.6. The zero-order valence-corrected chi connectivity index (χ0v) is 19.0. The Balaban J connectivity index is 0.000000261. The molecule has 0 saturated carbocycles. The Kier molecular flexibility index (Phi) is 7.93. The van der Waals surface area contributed by atoms with Crippen LogP contribution < -0.4 is 16.8 Å². The number of aromatic nitrogens is 2. The second-order valence-corrected chi connectivity index (χ2v) is 8.32. The van der Waals surface area contributed by atoms with Crippen molar-refractivity contribution in [2.24, 2.45) is 5.73 Å². The van der Waals surface area contributed by atoms with Crippen molar-refractivity contribution in [3.8, 4) is 0 Å². The second-order valence-electron chi connectivity index (χ2n) is 8.32. The van der Waals surface area contributed by atoms with Crippen LogP contribution in [0.2, 0.25) is 0 Å². The lowest BCUT2D eigenvalue weighted by Gasteiger charge is -2.31. The number of halogens is 3. The number of nitrogen functional groups attached to an aromatic ring is 1. The fourth-order valence-corrected chi connectivity index (χ4v) is 3.61. The molecule has 190 valence electrons. The summed E-state index contributed by atoms with van der Waals surface area (Å²) in [6.07, 6.45) is -2.46. The van der Waals surface area contributed by atoms with Crippen molar-refractivity contribution in [1.29, 1.82) is 0 Å². The minimum absolute atomic E-state index is 0.00879. The molecule has 0 aliphatic carbocycles. The van der Waals surface area contributed by atoms with E-state index in [4.69, 9.17) is 25.7 Å². The molecule has 10 nitrogen and oxygen atoms in total. The Hall–Kier alpha value is -3.29. The molecule has 0 radical (unpaired) electrons. The van der Waals surface area contributed by atoms with Gasteiger partial charge in [-0.3, -0.25) is 14.6 Å². The Morgan fingerprint density at radius 1 is 1.14 bits per heavy atom. The minimum Gasteiger partial charge on any atom is -0.382 e. The quantitative estimate of drug-likeness (QED) is 0.579. The standard InChI is InChI=1S/C17H22N2O5.C5H4F3N3/c1-17(2)23-12-7-8-22-13(14(12)24-17)9-19-16(21)11-5-3-10(4-6-11)15(18)20;6-5(7,8)3-1-10-2-4(9)11-3/h3-6,12-14H,7-9H2,1-2H3,(H2,18,20)(H,19,21);1-2H,(H2,9,11). The van der Waals surface area contributed by atoms with Crippen LogP contribution in [0.15, 0.2) is 36.7 Å². The summed E-state index contributed by atoms with van der Waals surface area (Å²) < 4.78 is 52.9. The normalized spacial score (nSPS) is 22.9. The first-order valence-electron chi connectivity index (χ1n) is 10.7. The third-order valence-corrected chi connectivity index (χ3v) is 5.16. The Morgan fingerprint density at radius 3 is 2.37 bits per heavy atom. The number of nitrogens with one attached hydrogen (secondary N) is 1. The van der Waals surface area contributed by atoms with Gasteiger partial charge in [-0.05, 0) is 44.5 Å². The van der Waals surface area contributed by atoms with Crippen molar-refractivity contribution in [1.82, 2.24) is 15.3 Å². The molecule has 2 aliphatic heterocycles. The number of hydrogen-bond donors (Lipinski definition) is 3. The van der Waals surface area contributed by atoms with Crippen LogP contribution in [0.1, 0.15) is 46.7 Å². The highest BCUT2D eigenvalue weighted by atomic mass is 19.4. The highest BCUT2D eigenvalue weighted by molar-refractivity contribution is 5.97. The van der Waals surface area contributed by atoms with E-state index < -0.39 is 23.6 Å². The number of alkyl halides is 3. The van der Waals surface area contributed by atoms with Crippen molar-refractivity contribution in [2.45, 2.75) is 50.5 Å². The van der Waals surface area contributed by atoms with Gasteiger partial charge in [0.25, 0.3) is 5.91 Å². The molecule has 1 aromatic heterocycles. The molecule has 3 atom stereocenters.